The SMILES string of the molecule is COC(=O)c1cnc(Cl)cc1NC1CC2CCC(C1)N2C. The second-order valence-corrected chi connectivity index (χ2v) is 6.29. The van der Waals surface area contributed by atoms with Crippen LogP contribution in [0.5, 0.6) is 0 Å². The van der Waals surface area contributed by atoms with Crippen LogP contribution in [0.1, 0.15) is 36.0 Å². The first-order valence-corrected chi connectivity index (χ1v) is 7.68. The van der Waals surface area contributed by atoms with Gasteiger partial charge in [0.25, 0.3) is 0 Å². The van der Waals surface area contributed by atoms with Crippen molar-refractivity contribution in [2.45, 2.75) is 43.8 Å². The smallest absolute Gasteiger partial charge is 0.341 e. The van der Waals surface area contributed by atoms with Crippen molar-refractivity contribution in [3.05, 3.63) is 23.0 Å². The number of esters is 1. The molecule has 0 spiro atoms. The van der Waals surface area contributed by atoms with Gasteiger partial charge in [0.05, 0.1) is 12.8 Å². The number of ether oxygens (including phenoxy) is 1. The Morgan fingerprint density at radius 1 is 1.43 bits per heavy atom. The summed E-state index contributed by atoms with van der Waals surface area (Å²) < 4.78 is 4.81. The monoisotopic (exact) mass is 309 g/mol. The highest BCUT2D eigenvalue weighted by molar-refractivity contribution is 6.29. The second-order valence-electron chi connectivity index (χ2n) is 5.91. The van der Waals surface area contributed by atoms with Crippen LogP contribution in [0.15, 0.2) is 12.3 Å². The summed E-state index contributed by atoms with van der Waals surface area (Å²) in [7, 11) is 3.58. The van der Waals surface area contributed by atoms with Gasteiger partial charge in [-0.05, 0) is 38.8 Å². The normalized spacial score (nSPS) is 28.4. The highest BCUT2D eigenvalue weighted by Crippen LogP contribution is 2.36. The lowest BCUT2D eigenvalue weighted by Crippen LogP contribution is -2.44. The maximum absolute atomic E-state index is 11.8. The zero-order valence-electron chi connectivity index (χ0n) is 12.3. The third-order valence-electron chi connectivity index (χ3n) is 4.73. The molecule has 2 aliphatic rings. The van der Waals surface area contributed by atoms with E-state index >= 15 is 0 Å². The van der Waals surface area contributed by atoms with Crippen LogP contribution in [0.2, 0.25) is 5.15 Å². The van der Waals surface area contributed by atoms with Gasteiger partial charge in [-0.2, -0.15) is 0 Å². The number of piperidine rings is 1. The summed E-state index contributed by atoms with van der Waals surface area (Å²) in [6.45, 7) is 0. The van der Waals surface area contributed by atoms with Crippen molar-refractivity contribution in [3.63, 3.8) is 0 Å². The molecule has 114 valence electrons. The molecule has 3 rings (SSSR count). The van der Waals surface area contributed by atoms with Crippen LogP contribution >= 0.6 is 11.6 Å². The summed E-state index contributed by atoms with van der Waals surface area (Å²) in [5.41, 5.74) is 1.16. The zero-order valence-corrected chi connectivity index (χ0v) is 13.1. The predicted octanol–water partition coefficient (Wildman–Crippen LogP) is 2.56. The van der Waals surface area contributed by atoms with E-state index in [4.69, 9.17) is 16.3 Å². The van der Waals surface area contributed by atoms with Crippen molar-refractivity contribution in [1.29, 1.82) is 0 Å². The highest BCUT2D eigenvalue weighted by Gasteiger charge is 2.38. The summed E-state index contributed by atoms with van der Waals surface area (Å²) in [6, 6.07) is 3.34. The van der Waals surface area contributed by atoms with Crippen LogP contribution in [-0.4, -0.2) is 48.1 Å². The molecule has 1 aromatic rings. The minimum absolute atomic E-state index is 0.362. The molecule has 0 saturated carbocycles. The predicted molar refractivity (Wildman–Crippen MR) is 81.8 cm³/mol. The van der Waals surface area contributed by atoms with E-state index in [1.807, 2.05) is 0 Å². The lowest BCUT2D eigenvalue weighted by atomic mass is 9.97. The first-order valence-electron chi connectivity index (χ1n) is 7.31. The van der Waals surface area contributed by atoms with E-state index in [0.29, 0.717) is 28.8 Å². The van der Waals surface area contributed by atoms with E-state index in [-0.39, 0.29) is 0 Å². The van der Waals surface area contributed by atoms with Gasteiger partial charge in [-0.25, -0.2) is 9.78 Å². The zero-order chi connectivity index (χ0) is 15.0. The number of halogens is 1. The van der Waals surface area contributed by atoms with Gasteiger partial charge in [0.15, 0.2) is 0 Å². The van der Waals surface area contributed by atoms with Crippen molar-refractivity contribution in [1.82, 2.24) is 9.88 Å². The maximum Gasteiger partial charge on any atom is 0.341 e. The molecule has 0 radical (unpaired) electrons. The number of methoxy groups -OCH3 is 1. The summed E-state index contributed by atoms with van der Waals surface area (Å²) >= 11 is 5.96. The fraction of sp³-hybridized carbons (Fsp3) is 0.600. The topological polar surface area (TPSA) is 54.5 Å². The molecule has 2 aliphatic heterocycles. The minimum Gasteiger partial charge on any atom is -0.465 e. The number of carbonyl (C=O) groups is 1. The first-order chi connectivity index (χ1) is 10.1. The molecule has 1 N–H and O–H groups in total. The van der Waals surface area contributed by atoms with Gasteiger partial charge in [0.1, 0.15) is 10.7 Å². The number of anilines is 1. The average Bonchev–Trinajstić information content (AvgIpc) is 2.69. The fourth-order valence-corrected chi connectivity index (χ4v) is 3.73. The van der Waals surface area contributed by atoms with E-state index in [1.54, 1.807) is 6.07 Å². The highest BCUT2D eigenvalue weighted by atomic mass is 35.5. The minimum atomic E-state index is -0.391. The molecular weight excluding hydrogens is 290 g/mol. The molecule has 5 nitrogen and oxygen atoms in total. The molecule has 21 heavy (non-hydrogen) atoms. The number of nitrogens with one attached hydrogen (secondary N) is 1. The van der Waals surface area contributed by atoms with Gasteiger partial charge in [0, 0.05) is 24.3 Å². The third kappa shape index (κ3) is 2.85. The average molecular weight is 310 g/mol. The number of nitrogens with zero attached hydrogens (tertiary/aromatic N) is 2. The molecule has 0 aliphatic carbocycles. The Labute approximate surface area is 129 Å². The van der Waals surface area contributed by atoms with Crippen molar-refractivity contribution < 1.29 is 9.53 Å². The number of fused-ring (bicyclic) bond motifs is 2. The van der Waals surface area contributed by atoms with Crippen molar-refractivity contribution >= 4 is 23.3 Å². The molecule has 2 unspecified atom stereocenters. The number of carbonyl (C=O) groups excluding carboxylic acids is 1. The lowest BCUT2D eigenvalue weighted by molar-refractivity contribution is 0.0601. The number of rotatable bonds is 3. The molecule has 2 fully saturated rings. The van der Waals surface area contributed by atoms with E-state index < -0.39 is 5.97 Å². The number of pyridine rings is 1. The lowest BCUT2D eigenvalue weighted by Gasteiger charge is -2.37. The molecule has 2 bridgehead atoms. The van der Waals surface area contributed by atoms with Crippen molar-refractivity contribution in [3.8, 4) is 0 Å². The Kier molecular flexibility index (Phi) is 4.04. The molecule has 3 heterocycles. The van der Waals surface area contributed by atoms with Crippen LogP contribution in [0.25, 0.3) is 0 Å². The van der Waals surface area contributed by atoms with Crippen LogP contribution in [-0.2, 0) is 4.74 Å². The van der Waals surface area contributed by atoms with Crippen LogP contribution in [0.4, 0.5) is 5.69 Å². The van der Waals surface area contributed by atoms with E-state index in [9.17, 15) is 4.79 Å². The molecule has 6 heteroatoms. The molecule has 2 saturated heterocycles. The molecule has 1 aromatic heterocycles. The summed E-state index contributed by atoms with van der Waals surface area (Å²) in [4.78, 5) is 18.3. The Balaban J connectivity index is 1.79. The third-order valence-corrected chi connectivity index (χ3v) is 4.94. The summed E-state index contributed by atoms with van der Waals surface area (Å²) in [5.74, 6) is -0.391. The molecule has 0 amide bonds. The number of hydrogen-bond acceptors (Lipinski definition) is 5. The fourth-order valence-electron chi connectivity index (χ4n) is 3.57. The largest absolute Gasteiger partial charge is 0.465 e. The standard InChI is InChI=1S/C15H20ClN3O2/c1-19-10-3-4-11(19)6-9(5-10)18-13-7-14(16)17-8-12(13)15(20)21-2/h7-11H,3-6H2,1-2H3,(H,17,18). The summed E-state index contributed by atoms with van der Waals surface area (Å²) in [5, 5.41) is 3.85. The molecular formula is C15H20ClN3O2. The number of aromatic nitrogens is 1. The number of hydrogen-bond donors (Lipinski definition) is 1. The van der Waals surface area contributed by atoms with Gasteiger partial charge in [-0.15, -0.1) is 0 Å². The van der Waals surface area contributed by atoms with Gasteiger partial charge in [0.2, 0.25) is 0 Å². The Bertz CT molecular complexity index is 538. The quantitative estimate of drug-likeness (QED) is 0.687. The summed E-state index contributed by atoms with van der Waals surface area (Å²) in [6.07, 6.45) is 6.18. The maximum atomic E-state index is 11.8. The Hall–Kier alpha value is -1.33. The first kappa shape index (κ1) is 14.6. The molecule has 0 aromatic carbocycles. The van der Waals surface area contributed by atoms with Crippen molar-refractivity contribution in [2.24, 2.45) is 0 Å². The van der Waals surface area contributed by atoms with Gasteiger partial charge in [-0.3, -0.25) is 0 Å². The second kappa shape index (κ2) is 5.81. The van der Waals surface area contributed by atoms with E-state index in [2.05, 4.69) is 22.2 Å². The van der Waals surface area contributed by atoms with E-state index in [1.165, 1.54) is 26.1 Å². The van der Waals surface area contributed by atoms with Crippen LogP contribution in [0.3, 0.4) is 0 Å². The molecule has 2 atom stereocenters. The van der Waals surface area contributed by atoms with Gasteiger partial charge in [-0.1, -0.05) is 11.6 Å². The Morgan fingerprint density at radius 2 is 2.10 bits per heavy atom. The van der Waals surface area contributed by atoms with E-state index in [0.717, 1.165) is 18.5 Å². The van der Waals surface area contributed by atoms with Crippen molar-refractivity contribution in [2.75, 3.05) is 19.5 Å². The van der Waals surface area contributed by atoms with Gasteiger partial charge < -0.3 is 15.0 Å². The Morgan fingerprint density at radius 3 is 2.71 bits per heavy atom. The van der Waals surface area contributed by atoms with Crippen LogP contribution in [0, 0.1) is 0 Å². The van der Waals surface area contributed by atoms with Crippen LogP contribution < -0.4 is 5.32 Å². The van der Waals surface area contributed by atoms with Gasteiger partial charge >= 0.3 is 5.97 Å².